The van der Waals surface area contributed by atoms with Crippen molar-refractivity contribution in [3.8, 4) is 0 Å². The first-order chi connectivity index (χ1) is 7.95. The summed E-state index contributed by atoms with van der Waals surface area (Å²) in [5.74, 6) is -0.427. The van der Waals surface area contributed by atoms with Crippen molar-refractivity contribution in [2.45, 2.75) is 24.3 Å². The molecule has 0 atom stereocenters. The molecule has 1 aromatic carbocycles. The Bertz CT molecular complexity index is 497. The smallest absolute Gasteiger partial charge is 0.339 e. The summed E-state index contributed by atoms with van der Waals surface area (Å²) < 4.78 is 4.70. The van der Waals surface area contributed by atoms with Crippen molar-refractivity contribution in [2.75, 3.05) is 12.4 Å². The monoisotopic (exact) mass is 251 g/mol. The average Bonchev–Trinajstić information content (AvgIpc) is 2.28. The van der Waals surface area contributed by atoms with Crippen LogP contribution in [-0.2, 0) is 9.53 Å². The van der Waals surface area contributed by atoms with Gasteiger partial charge < -0.3 is 10.1 Å². The summed E-state index contributed by atoms with van der Waals surface area (Å²) in [4.78, 5) is 24.1. The molecule has 5 heteroatoms. The number of carbonyl (C=O) groups excluding carboxylic acids is 2. The second-order valence-electron chi connectivity index (χ2n) is 4.31. The van der Waals surface area contributed by atoms with Gasteiger partial charge in [0.15, 0.2) is 0 Å². The number of benzene rings is 1. The molecule has 17 heavy (non-hydrogen) atoms. The summed E-state index contributed by atoms with van der Waals surface area (Å²) in [5, 5.41) is 3.11. The highest BCUT2D eigenvalue weighted by Gasteiger charge is 2.35. The van der Waals surface area contributed by atoms with E-state index >= 15 is 0 Å². The van der Waals surface area contributed by atoms with Gasteiger partial charge >= 0.3 is 5.97 Å². The predicted octanol–water partition coefficient (Wildman–Crippen LogP) is 2.30. The standard InChI is InChI=1S/C12H13NO3S/c1-12(2)11(15)17-9-7(10(14)16-3)5-4-6-8(9)13-12/h4-6,13H,1-3H3. The largest absolute Gasteiger partial charge is 0.465 e. The maximum absolute atomic E-state index is 11.9. The summed E-state index contributed by atoms with van der Waals surface area (Å²) in [6.45, 7) is 3.63. The molecular weight excluding hydrogens is 238 g/mol. The molecule has 1 heterocycles. The van der Waals surface area contributed by atoms with E-state index in [4.69, 9.17) is 4.74 Å². The van der Waals surface area contributed by atoms with E-state index in [9.17, 15) is 9.59 Å². The van der Waals surface area contributed by atoms with Gasteiger partial charge in [0, 0.05) is 5.69 Å². The van der Waals surface area contributed by atoms with Crippen molar-refractivity contribution < 1.29 is 14.3 Å². The molecule has 0 fully saturated rings. The van der Waals surface area contributed by atoms with E-state index in [0.29, 0.717) is 10.5 Å². The molecule has 0 unspecified atom stereocenters. The second kappa shape index (κ2) is 4.07. The highest BCUT2D eigenvalue weighted by atomic mass is 32.2. The lowest BCUT2D eigenvalue weighted by molar-refractivity contribution is -0.114. The molecule has 0 aliphatic carbocycles. The number of hydrogen-bond acceptors (Lipinski definition) is 5. The zero-order chi connectivity index (χ0) is 12.6. The third-order valence-electron chi connectivity index (χ3n) is 2.57. The van der Waals surface area contributed by atoms with Gasteiger partial charge in [0.25, 0.3) is 0 Å². The van der Waals surface area contributed by atoms with E-state index in [2.05, 4.69) is 5.32 Å². The summed E-state index contributed by atoms with van der Waals surface area (Å²) >= 11 is 1.09. The van der Waals surface area contributed by atoms with Crippen LogP contribution in [0.3, 0.4) is 0 Å². The molecule has 0 aromatic heterocycles. The van der Waals surface area contributed by atoms with Crippen LogP contribution < -0.4 is 5.32 Å². The quantitative estimate of drug-likeness (QED) is 0.776. The summed E-state index contributed by atoms with van der Waals surface area (Å²) in [6, 6.07) is 5.28. The fourth-order valence-corrected chi connectivity index (χ4v) is 2.61. The zero-order valence-corrected chi connectivity index (χ0v) is 10.7. The fraction of sp³-hybridized carbons (Fsp3) is 0.333. The number of hydrogen-bond donors (Lipinski definition) is 1. The lowest BCUT2D eigenvalue weighted by Gasteiger charge is -2.31. The molecule has 0 bridgehead atoms. The molecule has 0 amide bonds. The molecule has 1 N–H and O–H groups in total. The number of fused-ring (bicyclic) bond motifs is 1. The number of esters is 1. The van der Waals surface area contributed by atoms with Crippen LogP contribution in [0, 0.1) is 0 Å². The van der Waals surface area contributed by atoms with E-state index in [-0.39, 0.29) is 5.12 Å². The molecular formula is C12H13NO3S. The Morgan fingerprint density at radius 1 is 1.41 bits per heavy atom. The van der Waals surface area contributed by atoms with Crippen molar-refractivity contribution >= 4 is 28.5 Å². The number of rotatable bonds is 1. The fourth-order valence-electron chi connectivity index (χ4n) is 1.62. The predicted molar refractivity (Wildman–Crippen MR) is 66.3 cm³/mol. The van der Waals surface area contributed by atoms with Gasteiger partial charge in [-0.3, -0.25) is 4.79 Å². The summed E-state index contributed by atoms with van der Waals surface area (Å²) in [7, 11) is 1.33. The molecule has 4 nitrogen and oxygen atoms in total. The van der Waals surface area contributed by atoms with E-state index in [1.54, 1.807) is 12.1 Å². The Balaban J connectivity index is 2.51. The molecule has 0 spiro atoms. The Morgan fingerprint density at radius 3 is 2.76 bits per heavy atom. The van der Waals surface area contributed by atoms with Gasteiger partial charge in [-0.05, 0) is 37.7 Å². The first-order valence-corrected chi connectivity index (χ1v) is 5.99. The van der Waals surface area contributed by atoms with Gasteiger partial charge in [-0.15, -0.1) is 0 Å². The number of carbonyl (C=O) groups is 2. The molecule has 1 aliphatic heterocycles. The number of anilines is 1. The van der Waals surface area contributed by atoms with Gasteiger partial charge in [0.05, 0.1) is 17.6 Å². The Morgan fingerprint density at radius 2 is 2.12 bits per heavy atom. The first kappa shape index (κ1) is 12.0. The average molecular weight is 251 g/mol. The van der Waals surface area contributed by atoms with Crippen LogP contribution in [0.4, 0.5) is 5.69 Å². The van der Waals surface area contributed by atoms with Crippen LogP contribution in [-0.4, -0.2) is 23.7 Å². The van der Waals surface area contributed by atoms with Crippen molar-refractivity contribution in [3.63, 3.8) is 0 Å². The van der Waals surface area contributed by atoms with Crippen LogP contribution in [0.2, 0.25) is 0 Å². The van der Waals surface area contributed by atoms with Gasteiger partial charge in [0.1, 0.15) is 5.54 Å². The number of ether oxygens (including phenoxy) is 1. The summed E-state index contributed by atoms with van der Waals surface area (Å²) in [6.07, 6.45) is 0. The van der Waals surface area contributed by atoms with Crippen LogP contribution in [0.5, 0.6) is 0 Å². The van der Waals surface area contributed by atoms with Crippen LogP contribution in [0.1, 0.15) is 24.2 Å². The van der Waals surface area contributed by atoms with Crippen molar-refractivity contribution in [2.24, 2.45) is 0 Å². The number of thioether (sulfide) groups is 1. The van der Waals surface area contributed by atoms with Crippen LogP contribution in [0.25, 0.3) is 0 Å². The lowest BCUT2D eigenvalue weighted by Crippen LogP contribution is -2.41. The maximum atomic E-state index is 11.9. The minimum absolute atomic E-state index is 0.0126. The second-order valence-corrected chi connectivity index (χ2v) is 5.30. The van der Waals surface area contributed by atoms with E-state index in [0.717, 1.165) is 17.4 Å². The third-order valence-corrected chi connectivity index (χ3v) is 3.91. The van der Waals surface area contributed by atoms with Crippen LogP contribution >= 0.6 is 11.8 Å². The highest BCUT2D eigenvalue weighted by Crippen LogP contribution is 2.40. The van der Waals surface area contributed by atoms with Gasteiger partial charge in [-0.25, -0.2) is 4.79 Å². The van der Waals surface area contributed by atoms with Crippen molar-refractivity contribution in [3.05, 3.63) is 23.8 Å². The van der Waals surface area contributed by atoms with E-state index in [1.165, 1.54) is 7.11 Å². The van der Waals surface area contributed by atoms with Crippen LogP contribution in [0.15, 0.2) is 23.1 Å². The lowest BCUT2D eigenvalue weighted by atomic mass is 10.1. The maximum Gasteiger partial charge on any atom is 0.339 e. The zero-order valence-electron chi connectivity index (χ0n) is 9.87. The number of methoxy groups -OCH3 is 1. The van der Waals surface area contributed by atoms with E-state index < -0.39 is 11.5 Å². The third kappa shape index (κ3) is 2.02. The molecule has 0 saturated heterocycles. The van der Waals surface area contributed by atoms with E-state index in [1.807, 2.05) is 19.9 Å². The SMILES string of the molecule is COC(=O)c1cccc2c1SC(=O)C(C)(C)N2. The normalized spacial score (nSPS) is 17.0. The van der Waals surface area contributed by atoms with Crippen molar-refractivity contribution in [1.82, 2.24) is 0 Å². The van der Waals surface area contributed by atoms with Crippen molar-refractivity contribution in [1.29, 1.82) is 0 Å². The van der Waals surface area contributed by atoms with Gasteiger partial charge in [-0.1, -0.05) is 6.07 Å². The van der Waals surface area contributed by atoms with Gasteiger partial charge in [0.2, 0.25) is 5.12 Å². The Labute approximate surface area is 104 Å². The molecule has 90 valence electrons. The minimum atomic E-state index is -0.619. The molecule has 1 aliphatic rings. The molecule has 2 rings (SSSR count). The van der Waals surface area contributed by atoms with Gasteiger partial charge in [-0.2, -0.15) is 0 Å². The highest BCUT2D eigenvalue weighted by molar-refractivity contribution is 8.14. The first-order valence-electron chi connectivity index (χ1n) is 5.17. The molecule has 0 radical (unpaired) electrons. The Kier molecular flexibility index (Phi) is 2.87. The Hall–Kier alpha value is -1.49. The molecule has 0 saturated carbocycles. The summed E-state index contributed by atoms with van der Waals surface area (Å²) in [5.41, 5.74) is 0.598. The topological polar surface area (TPSA) is 55.4 Å². The minimum Gasteiger partial charge on any atom is -0.465 e. The number of nitrogens with one attached hydrogen (secondary N) is 1. The molecule has 1 aromatic rings.